The summed E-state index contributed by atoms with van der Waals surface area (Å²) >= 11 is 0. The molecule has 0 radical (unpaired) electrons. The third-order valence-electron chi connectivity index (χ3n) is 7.37. The first-order valence-electron chi connectivity index (χ1n) is 13.3. The lowest BCUT2D eigenvalue weighted by Gasteiger charge is -2.45. The zero-order valence-electron chi connectivity index (χ0n) is 23.9. The molecule has 2 aliphatic heterocycles. The average Bonchev–Trinajstić information content (AvgIpc) is 2.99. The number of allylic oxidation sites excluding steroid dienone is 4. The maximum absolute atomic E-state index is 13.8. The molecule has 15 heteroatoms. The SMILES string of the molecule is COC(=O)C1=C(C)N(c2cccc(C(F)(F)F)c2)C(=N)N(C(=O)NCC2C=CC(S(C)(=O)=O)C=N2)C1C1C=CC(C#N)=CC1. The number of anilines is 1. The van der Waals surface area contributed by atoms with Crippen molar-refractivity contribution < 1.29 is 35.9 Å². The summed E-state index contributed by atoms with van der Waals surface area (Å²) in [7, 11) is -2.29. The zero-order chi connectivity index (χ0) is 32.4. The molecule has 1 aliphatic carbocycles. The Hall–Kier alpha value is -4.71. The van der Waals surface area contributed by atoms with Gasteiger partial charge >= 0.3 is 18.2 Å². The lowest BCUT2D eigenvalue weighted by molar-refractivity contribution is -0.138. The van der Waals surface area contributed by atoms with E-state index >= 15 is 0 Å². The molecule has 0 saturated carbocycles. The summed E-state index contributed by atoms with van der Waals surface area (Å²) in [5.41, 5.74) is -0.718. The highest BCUT2D eigenvalue weighted by atomic mass is 32.2. The predicted octanol–water partition coefficient (Wildman–Crippen LogP) is 3.74. The van der Waals surface area contributed by atoms with Gasteiger partial charge in [-0.05, 0) is 37.6 Å². The third kappa shape index (κ3) is 6.60. The van der Waals surface area contributed by atoms with Crippen LogP contribution >= 0.6 is 0 Å². The van der Waals surface area contributed by atoms with E-state index in [-0.39, 0.29) is 29.9 Å². The number of nitriles is 1. The number of rotatable bonds is 6. The van der Waals surface area contributed by atoms with Gasteiger partial charge in [-0.15, -0.1) is 0 Å². The first kappa shape index (κ1) is 32.2. The summed E-state index contributed by atoms with van der Waals surface area (Å²) in [6.45, 7) is 1.34. The van der Waals surface area contributed by atoms with E-state index in [9.17, 15) is 36.4 Å². The van der Waals surface area contributed by atoms with Gasteiger partial charge in [-0.3, -0.25) is 20.2 Å². The molecule has 2 N–H and O–H groups in total. The number of dihydropyridines is 1. The number of sulfone groups is 1. The van der Waals surface area contributed by atoms with Crippen LogP contribution in [0.4, 0.5) is 23.7 Å². The number of esters is 1. The van der Waals surface area contributed by atoms with Crippen molar-refractivity contribution >= 4 is 39.7 Å². The van der Waals surface area contributed by atoms with E-state index in [4.69, 9.17) is 10.1 Å². The molecule has 2 amide bonds. The molecular formula is C29H29F3N6O5S. The lowest BCUT2D eigenvalue weighted by Crippen LogP contribution is -2.62. The molecule has 11 nitrogen and oxygen atoms in total. The highest BCUT2D eigenvalue weighted by Gasteiger charge is 2.46. The number of nitrogens with one attached hydrogen (secondary N) is 2. The van der Waals surface area contributed by atoms with Gasteiger partial charge in [-0.25, -0.2) is 18.0 Å². The second-order valence-corrected chi connectivity index (χ2v) is 12.5. The molecule has 4 atom stereocenters. The smallest absolute Gasteiger partial charge is 0.416 e. The number of amides is 2. The van der Waals surface area contributed by atoms with Crippen molar-refractivity contribution in [3.05, 3.63) is 77.1 Å². The van der Waals surface area contributed by atoms with E-state index in [1.807, 2.05) is 6.07 Å². The summed E-state index contributed by atoms with van der Waals surface area (Å²) in [6, 6.07) is 3.54. The monoisotopic (exact) mass is 630 g/mol. The van der Waals surface area contributed by atoms with E-state index < -0.39 is 62.8 Å². The standard InChI is InChI=1S/C29H29F3N6O5S/c1-17-24(26(39)43-2)25(19-9-7-18(14-33)8-10-19)38(27(34)37(17)22-6-4-5-20(13-22)29(30,31)32)28(40)36-15-21-11-12-23(16-35-21)44(3,41)42/h4-9,11-13,16,19,21,23,25,34H,10,15H2,1-3H3,(H,36,40). The molecule has 3 aliphatic rings. The summed E-state index contributed by atoms with van der Waals surface area (Å²) in [5.74, 6) is -2.00. The maximum Gasteiger partial charge on any atom is 0.416 e. The predicted molar refractivity (Wildman–Crippen MR) is 156 cm³/mol. The normalized spacial score (nSPS) is 23.8. The summed E-state index contributed by atoms with van der Waals surface area (Å²) in [6.07, 6.45) is 5.56. The first-order valence-corrected chi connectivity index (χ1v) is 15.2. The number of hydrogen-bond donors (Lipinski definition) is 2. The topological polar surface area (TPSA) is 156 Å². The van der Waals surface area contributed by atoms with Gasteiger partial charge in [0.1, 0.15) is 5.25 Å². The van der Waals surface area contributed by atoms with E-state index in [0.29, 0.717) is 5.57 Å². The van der Waals surface area contributed by atoms with Crippen LogP contribution in [0.15, 0.2) is 76.5 Å². The van der Waals surface area contributed by atoms with Gasteiger partial charge in [0.2, 0.25) is 5.96 Å². The molecule has 0 spiro atoms. The van der Waals surface area contributed by atoms with Crippen molar-refractivity contribution in [3.8, 4) is 6.07 Å². The van der Waals surface area contributed by atoms with Crippen LogP contribution in [0.1, 0.15) is 18.9 Å². The summed E-state index contributed by atoms with van der Waals surface area (Å²) in [5, 5.41) is 20.1. The largest absolute Gasteiger partial charge is 0.466 e. The highest BCUT2D eigenvalue weighted by Crippen LogP contribution is 2.39. The number of urea groups is 1. The van der Waals surface area contributed by atoms with Crippen molar-refractivity contribution in [1.82, 2.24) is 10.2 Å². The van der Waals surface area contributed by atoms with Crippen LogP contribution in [0.3, 0.4) is 0 Å². The van der Waals surface area contributed by atoms with Crippen molar-refractivity contribution in [2.75, 3.05) is 24.8 Å². The minimum atomic E-state index is -4.70. The quantitative estimate of drug-likeness (QED) is 0.358. The molecule has 232 valence electrons. The second-order valence-electron chi connectivity index (χ2n) is 10.3. The molecule has 0 saturated heterocycles. The van der Waals surface area contributed by atoms with Crippen molar-refractivity contribution in [3.63, 3.8) is 0 Å². The van der Waals surface area contributed by atoms with E-state index in [0.717, 1.165) is 41.4 Å². The van der Waals surface area contributed by atoms with Gasteiger partial charge in [0, 0.05) is 41.9 Å². The average molecular weight is 631 g/mol. The minimum absolute atomic E-state index is 0.0638. The molecular weight excluding hydrogens is 601 g/mol. The Morgan fingerprint density at radius 2 is 1.98 bits per heavy atom. The van der Waals surface area contributed by atoms with Crippen molar-refractivity contribution in [2.45, 2.75) is 36.9 Å². The van der Waals surface area contributed by atoms with Gasteiger partial charge in [0.25, 0.3) is 0 Å². The molecule has 1 aromatic rings. The number of carbonyl (C=O) groups is 2. The Morgan fingerprint density at radius 1 is 1.25 bits per heavy atom. The fourth-order valence-electron chi connectivity index (χ4n) is 5.14. The Bertz CT molecular complexity index is 1660. The van der Waals surface area contributed by atoms with E-state index in [2.05, 4.69) is 10.3 Å². The number of alkyl halides is 3. The highest BCUT2D eigenvalue weighted by molar-refractivity contribution is 7.92. The zero-order valence-corrected chi connectivity index (χ0v) is 24.7. The Balaban J connectivity index is 1.77. The van der Waals surface area contributed by atoms with Gasteiger partial charge in [-0.2, -0.15) is 18.4 Å². The van der Waals surface area contributed by atoms with Crippen LogP contribution in [0.2, 0.25) is 0 Å². The molecule has 4 unspecified atom stereocenters. The molecule has 2 heterocycles. The number of carbonyl (C=O) groups excluding carboxylic acids is 2. The van der Waals surface area contributed by atoms with Crippen molar-refractivity contribution in [1.29, 1.82) is 10.7 Å². The molecule has 0 fully saturated rings. The summed E-state index contributed by atoms with van der Waals surface area (Å²) in [4.78, 5) is 33.3. The van der Waals surface area contributed by atoms with Crippen LogP contribution < -0.4 is 10.2 Å². The fourth-order valence-corrected chi connectivity index (χ4v) is 5.81. The van der Waals surface area contributed by atoms with Crippen LogP contribution in [0.5, 0.6) is 0 Å². The van der Waals surface area contributed by atoms with Crippen LogP contribution in [0, 0.1) is 22.7 Å². The molecule has 0 aromatic heterocycles. The van der Waals surface area contributed by atoms with Crippen LogP contribution in [0.25, 0.3) is 0 Å². The molecule has 1 aromatic carbocycles. The molecule has 0 bridgehead atoms. The Kier molecular flexibility index (Phi) is 9.14. The number of benzene rings is 1. The Labute approximate surface area is 252 Å². The van der Waals surface area contributed by atoms with Gasteiger partial charge in [0.05, 0.1) is 36.4 Å². The number of halogens is 3. The number of methoxy groups -OCH3 is 1. The second kappa shape index (κ2) is 12.5. The first-order chi connectivity index (χ1) is 20.7. The van der Waals surface area contributed by atoms with Crippen molar-refractivity contribution in [2.24, 2.45) is 10.9 Å². The van der Waals surface area contributed by atoms with Gasteiger partial charge in [0.15, 0.2) is 9.84 Å². The van der Waals surface area contributed by atoms with Crippen LogP contribution in [-0.4, -0.2) is 74.7 Å². The lowest BCUT2D eigenvalue weighted by atomic mass is 9.83. The maximum atomic E-state index is 13.8. The van der Waals surface area contributed by atoms with Crippen LogP contribution in [-0.2, 0) is 25.5 Å². The van der Waals surface area contributed by atoms with E-state index in [1.165, 1.54) is 37.4 Å². The van der Waals surface area contributed by atoms with Gasteiger partial charge in [-0.1, -0.05) is 30.4 Å². The van der Waals surface area contributed by atoms with E-state index in [1.54, 1.807) is 12.2 Å². The fraction of sp³-hybridized carbons (Fsp3) is 0.345. The number of nitrogens with zero attached hydrogens (tertiary/aromatic N) is 4. The number of guanidine groups is 1. The number of aliphatic imine (C=N–C) groups is 1. The number of ether oxygens (including phenoxy) is 1. The third-order valence-corrected chi connectivity index (χ3v) is 8.63. The molecule has 44 heavy (non-hydrogen) atoms. The minimum Gasteiger partial charge on any atom is -0.466 e. The van der Waals surface area contributed by atoms with Gasteiger partial charge < -0.3 is 10.1 Å². The molecule has 4 rings (SSSR count). The Morgan fingerprint density at radius 3 is 2.52 bits per heavy atom. The summed E-state index contributed by atoms with van der Waals surface area (Å²) < 4.78 is 69.5. The number of hydrogen-bond acceptors (Lipinski definition) is 8.